The van der Waals surface area contributed by atoms with Gasteiger partial charge in [0, 0.05) is 10.6 Å². The molecule has 0 bridgehead atoms. The number of carbonyl (C=O) groups excluding carboxylic acids is 1. The van der Waals surface area contributed by atoms with Gasteiger partial charge in [-0.1, -0.05) is 42.5 Å². The summed E-state index contributed by atoms with van der Waals surface area (Å²) in [6.07, 6.45) is 0. The third-order valence-corrected chi connectivity index (χ3v) is 6.03. The van der Waals surface area contributed by atoms with E-state index in [4.69, 9.17) is 4.74 Å². The monoisotopic (exact) mass is 355 g/mol. The third-order valence-electron chi connectivity index (χ3n) is 4.90. The molecule has 0 aromatic heterocycles. The zero-order valence-electron chi connectivity index (χ0n) is 14.2. The smallest absolute Gasteiger partial charge is 0.275 e. The number of fused-ring (bicyclic) bond motifs is 2. The Bertz CT molecular complexity index is 711. The van der Waals surface area contributed by atoms with Gasteiger partial charge in [0.15, 0.2) is 6.54 Å². The van der Waals surface area contributed by atoms with E-state index in [9.17, 15) is 4.79 Å². The van der Waals surface area contributed by atoms with Crippen LogP contribution in [-0.4, -0.2) is 38.8 Å². The van der Waals surface area contributed by atoms with Gasteiger partial charge in [-0.25, -0.2) is 0 Å². The van der Waals surface area contributed by atoms with E-state index in [1.165, 1.54) is 26.5 Å². The van der Waals surface area contributed by atoms with Crippen molar-refractivity contribution in [3.63, 3.8) is 0 Å². The first kappa shape index (κ1) is 16.6. The molecule has 4 rings (SSSR count). The van der Waals surface area contributed by atoms with Crippen LogP contribution in [0.25, 0.3) is 0 Å². The van der Waals surface area contributed by atoms with Crippen molar-refractivity contribution in [3.8, 4) is 0 Å². The molecule has 4 nitrogen and oxygen atoms in total. The Hall–Kier alpha value is -1.82. The van der Waals surface area contributed by atoms with Crippen molar-refractivity contribution < 1.29 is 14.4 Å². The second-order valence-electron chi connectivity index (χ2n) is 6.56. The summed E-state index contributed by atoms with van der Waals surface area (Å²) >= 11 is 1.85. The van der Waals surface area contributed by atoms with E-state index in [1.54, 1.807) is 0 Å². The number of morpholine rings is 1. The fraction of sp³-hybridized carbons (Fsp3) is 0.350. The standard InChI is InChI=1S/C20H22N2O2S/c23-19(13-22-9-11-24-12-10-22)21-20-16-6-2-1-5-15(16)14-25-18-8-4-3-7-17(18)20/h1-8,20H,9-14H2,(H,21,23)/p+1/t20-/m0/s1. The number of benzene rings is 2. The van der Waals surface area contributed by atoms with Gasteiger partial charge < -0.3 is 15.0 Å². The molecule has 2 aromatic rings. The Labute approximate surface area is 152 Å². The zero-order valence-corrected chi connectivity index (χ0v) is 15.0. The van der Waals surface area contributed by atoms with Gasteiger partial charge in [-0.3, -0.25) is 4.79 Å². The summed E-state index contributed by atoms with van der Waals surface area (Å²) < 4.78 is 5.39. The molecular formula is C20H23N2O2S+. The molecule has 25 heavy (non-hydrogen) atoms. The highest BCUT2D eigenvalue weighted by molar-refractivity contribution is 7.98. The summed E-state index contributed by atoms with van der Waals surface area (Å²) in [7, 11) is 0. The number of quaternary nitrogens is 1. The van der Waals surface area contributed by atoms with Crippen LogP contribution in [0.4, 0.5) is 0 Å². The molecule has 1 saturated heterocycles. The molecule has 2 aliphatic heterocycles. The molecule has 0 spiro atoms. The van der Waals surface area contributed by atoms with Crippen LogP contribution >= 0.6 is 11.8 Å². The molecule has 0 radical (unpaired) electrons. The minimum atomic E-state index is -0.0738. The van der Waals surface area contributed by atoms with E-state index in [1.807, 2.05) is 11.8 Å². The topological polar surface area (TPSA) is 42.8 Å². The Kier molecular flexibility index (Phi) is 5.06. The average molecular weight is 355 g/mol. The highest BCUT2D eigenvalue weighted by Crippen LogP contribution is 2.39. The SMILES string of the molecule is O=C(C[NH+]1CCOCC1)N[C@H]1c2ccccc2CSc2ccccc21. The molecule has 130 valence electrons. The Morgan fingerprint density at radius 3 is 2.64 bits per heavy atom. The van der Waals surface area contributed by atoms with Crippen molar-refractivity contribution in [1.29, 1.82) is 0 Å². The minimum absolute atomic E-state index is 0.0738. The van der Waals surface area contributed by atoms with Gasteiger partial charge in [0.05, 0.1) is 19.3 Å². The second kappa shape index (κ2) is 7.60. The van der Waals surface area contributed by atoms with Crippen molar-refractivity contribution in [1.82, 2.24) is 5.32 Å². The van der Waals surface area contributed by atoms with Gasteiger partial charge >= 0.3 is 0 Å². The first-order chi connectivity index (χ1) is 12.3. The molecule has 5 heteroatoms. The summed E-state index contributed by atoms with van der Waals surface area (Å²) in [5, 5.41) is 3.30. The number of ether oxygens (including phenoxy) is 1. The van der Waals surface area contributed by atoms with Crippen LogP contribution < -0.4 is 10.2 Å². The maximum atomic E-state index is 12.7. The molecule has 2 N–H and O–H groups in total. The molecule has 1 amide bonds. The summed E-state index contributed by atoms with van der Waals surface area (Å²) in [6.45, 7) is 3.81. The van der Waals surface area contributed by atoms with Crippen molar-refractivity contribution in [2.75, 3.05) is 32.8 Å². The molecule has 2 heterocycles. The van der Waals surface area contributed by atoms with E-state index in [2.05, 4.69) is 53.8 Å². The van der Waals surface area contributed by atoms with E-state index >= 15 is 0 Å². The normalized spacial score (nSPS) is 20.2. The molecule has 2 aromatic carbocycles. The average Bonchev–Trinajstić information content (AvgIpc) is 2.80. The highest BCUT2D eigenvalue weighted by atomic mass is 32.2. The fourth-order valence-corrected chi connectivity index (χ4v) is 4.65. The number of nitrogens with one attached hydrogen (secondary N) is 2. The number of amides is 1. The Morgan fingerprint density at radius 2 is 1.80 bits per heavy atom. The van der Waals surface area contributed by atoms with Gasteiger partial charge in [-0.2, -0.15) is 0 Å². The first-order valence-corrected chi connectivity index (χ1v) is 9.80. The molecular weight excluding hydrogens is 332 g/mol. The largest absolute Gasteiger partial charge is 0.370 e. The van der Waals surface area contributed by atoms with Crippen LogP contribution in [0.1, 0.15) is 22.7 Å². The maximum Gasteiger partial charge on any atom is 0.275 e. The van der Waals surface area contributed by atoms with Gasteiger partial charge in [0.1, 0.15) is 13.1 Å². The predicted molar refractivity (Wildman–Crippen MR) is 98.8 cm³/mol. The van der Waals surface area contributed by atoms with Gasteiger partial charge in [-0.05, 0) is 22.8 Å². The van der Waals surface area contributed by atoms with Gasteiger partial charge in [0.25, 0.3) is 5.91 Å². The van der Waals surface area contributed by atoms with E-state index in [-0.39, 0.29) is 11.9 Å². The summed E-state index contributed by atoms with van der Waals surface area (Å²) in [6, 6.07) is 16.8. The van der Waals surface area contributed by atoms with Crippen LogP contribution in [-0.2, 0) is 15.3 Å². The number of hydrogen-bond donors (Lipinski definition) is 2. The summed E-state index contributed by atoms with van der Waals surface area (Å²) in [4.78, 5) is 15.3. The quantitative estimate of drug-likeness (QED) is 0.875. The summed E-state index contributed by atoms with van der Waals surface area (Å²) in [5.41, 5.74) is 3.71. The number of hydrogen-bond acceptors (Lipinski definition) is 3. The molecule has 0 saturated carbocycles. The lowest BCUT2D eigenvalue weighted by atomic mass is 9.95. The molecule has 1 fully saturated rings. The van der Waals surface area contributed by atoms with E-state index in [0.717, 1.165) is 32.1 Å². The fourth-order valence-electron chi connectivity index (χ4n) is 3.55. The lowest BCUT2D eigenvalue weighted by Gasteiger charge is -2.25. The molecule has 0 aliphatic carbocycles. The Morgan fingerprint density at radius 1 is 1.08 bits per heavy atom. The van der Waals surface area contributed by atoms with Crippen molar-refractivity contribution in [2.24, 2.45) is 0 Å². The van der Waals surface area contributed by atoms with Crippen LogP contribution in [0, 0.1) is 0 Å². The second-order valence-corrected chi connectivity index (χ2v) is 7.58. The van der Waals surface area contributed by atoms with Gasteiger partial charge in [-0.15, -0.1) is 11.8 Å². The minimum Gasteiger partial charge on any atom is -0.370 e. The molecule has 1 atom stereocenters. The van der Waals surface area contributed by atoms with Crippen LogP contribution in [0.2, 0.25) is 0 Å². The van der Waals surface area contributed by atoms with Crippen molar-refractivity contribution in [3.05, 3.63) is 65.2 Å². The van der Waals surface area contributed by atoms with Crippen molar-refractivity contribution >= 4 is 17.7 Å². The van der Waals surface area contributed by atoms with Crippen molar-refractivity contribution in [2.45, 2.75) is 16.7 Å². The van der Waals surface area contributed by atoms with E-state index in [0.29, 0.717) is 6.54 Å². The zero-order chi connectivity index (χ0) is 17.1. The lowest BCUT2D eigenvalue weighted by Crippen LogP contribution is -3.15. The van der Waals surface area contributed by atoms with Crippen LogP contribution in [0.3, 0.4) is 0 Å². The lowest BCUT2D eigenvalue weighted by molar-refractivity contribution is -0.900. The molecule has 0 unspecified atom stereocenters. The number of carbonyl (C=O) groups is 1. The number of thioether (sulfide) groups is 1. The third kappa shape index (κ3) is 3.73. The molecule has 2 aliphatic rings. The van der Waals surface area contributed by atoms with Crippen LogP contribution in [0.15, 0.2) is 53.4 Å². The number of rotatable bonds is 3. The summed E-state index contributed by atoms with van der Waals surface area (Å²) in [5.74, 6) is 1.05. The van der Waals surface area contributed by atoms with Gasteiger partial charge in [0.2, 0.25) is 0 Å². The Balaban J connectivity index is 1.60. The first-order valence-electron chi connectivity index (χ1n) is 8.81. The maximum absolute atomic E-state index is 12.7. The predicted octanol–water partition coefficient (Wildman–Crippen LogP) is 1.41. The van der Waals surface area contributed by atoms with E-state index < -0.39 is 0 Å². The highest BCUT2D eigenvalue weighted by Gasteiger charge is 2.26. The van der Waals surface area contributed by atoms with Crippen LogP contribution in [0.5, 0.6) is 0 Å².